The smallest absolute Gasteiger partial charge is 0.189 e. The maximum absolute atomic E-state index is 12.1. The molecule has 4 N–H and O–H groups in total. The van der Waals surface area contributed by atoms with Gasteiger partial charge < -0.3 is 20.4 Å². The van der Waals surface area contributed by atoms with Gasteiger partial charge in [-0.25, -0.2) is 0 Å². The van der Waals surface area contributed by atoms with Crippen molar-refractivity contribution in [3.8, 4) is 11.5 Å². The number of unbranched alkanes of at least 4 members (excludes halogenated alkanes) is 2. The number of nitrogens with zero attached hydrogens (tertiary/aromatic N) is 2. The summed E-state index contributed by atoms with van der Waals surface area (Å²) in [6, 6.07) is 0. The highest BCUT2D eigenvalue weighted by molar-refractivity contribution is 8.13. The molecule has 2 rings (SSSR count). The van der Waals surface area contributed by atoms with E-state index >= 15 is 0 Å². The van der Waals surface area contributed by atoms with E-state index in [-0.39, 0.29) is 34.9 Å². The molecule has 0 bridgehead atoms. The standard InChI is InChI=1S/C23H30N2O6S2/c1-14-22(30)18(10-26)16(8-24-14)12-32-20(28)6-4-3-5-7-21(29)33-13-17-9-25-15(2)23(31)19(17)11-27/h8-9,26-27,30-31H,3-7,10-13H2,1-2H3. The molecular formula is C23H30N2O6S2. The molecule has 0 aliphatic heterocycles. The summed E-state index contributed by atoms with van der Waals surface area (Å²) in [5, 5.41) is 38.9. The van der Waals surface area contributed by atoms with E-state index < -0.39 is 0 Å². The molecule has 0 atom stereocenters. The Morgan fingerprint density at radius 2 is 1.15 bits per heavy atom. The van der Waals surface area contributed by atoms with Crippen molar-refractivity contribution in [1.82, 2.24) is 9.97 Å². The number of aliphatic hydroxyl groups excluding tert-OH is 2. The van der Waals surface area contributed by atoms with E-state index in [0.29, 0.717) is 70.8 Å². The Morgan fingerprint density at radius 3 is 1.52 bits per heavy atom. The van der Waals surface area contributed by atoms with Crippen molar-refractivity contribution in [3.05, 3.63) is 46.0 Å². The zero-order valence-corrected chi connectivity index (χ0v) is 20.5. The average Bonchev–Trinajstić information content (AvgIpc) is 2.80. The van der Waals surface area contributed by atoms with Crippen LogP contribution < -0.4 is 0 Å². The number of hydrogen-bond acceptors (Lipinski definition) is 10. The number of aromatic hydroxyl groups is 2. The van der Waals surface area contributed by atoms with Crippen LogP contribution in [0.5, 0.6) is 11.5 Å². The van der Waals surface area contributed by atoms with E-state index in [0.717, 1.165) is 29.9 Å². The third-order valence-corrected chi connectivity index (χ3v) is 7.18. The molecule has 0 aliphatic rings. The molecule has 2 aromatic heterocycles. The largest absolute Gasteiger partial charge is 0.506 e. The zero-order valence-electron chi connectivity index (χ0n) is 18.8. The first-order valence-electron chi connectivity index (χ1n) is 10.6. The summed E-state index contributed by atoms with van der Waals surface area (Å²) in [5.74, 6) is 0.607. The Labute approximate surface area is 201 Å². The minimum absolute atomic E-state index is 0.0165. The maximum atomic E-state index is 12.1. The Bertz CT molecular complexity index is 906. The minimum Gasteiger partial charge on any atom is -0.506 e. The van der Waals surface area contributed by atoms with Crippen LogP contribution >= 0.6 is 23.5 Å². The van der Waals surface area contributed by atoms with Crippen molar-refractivity contribution in [3.63, 3.8) is 0 Å². The van der Waals surface area contributed by atoms with Gasteiger partial charge in [-0.2, -0.15) is 0 Å². The second-order valence-electron chi connectivity index (χ2n) is 7.59. The fourth-order valence-corrected chi connectivity index (χ4v) is 4.85. The lowest BCUT2D eigenvalue weighted by Gasteiger charge is -2.10. The lowest BCUT2D eigenvalue weighted by molar-refractivity contribution is -0.111. The monoisotopic (exact) mass is 494 g/mol. The Balaban J connectivity index is 1.65. The first-order chi connectivity index (χ1) is 15.8. The zero-order chi connectivity index (χ0) is 24.4. The minimum atomic E-state index is -0.311. The molecule has 2 aromatic rings. The predicted molar refractivity (Wildman–Crippen MR) is 129 cm³/mol. The molecule has 0 aromatic carbocycles. The van der Waals surface area contributed by atoms with Gasteiger partial charge in [0.2, 0.25) is 0 Å². The summed E-state index contributed by atoms with van der Waals surface area (Å²) in [6.45, 7) is 2.68. The molecule has 0 aliphatic carbocycles. The normalized spacial score (nSPS) is 11.0. The predicted octanol–water partition coefficient (Wildman–Crippen LogP) is 3.66. The van der Waals surface area contributed by atoms with Gasteiger partial charge in [0.05, 0.1) is 24.6 Å². The van der Waals surface area contributed by atoms with Crippen LogP contribution in [0.1, 0.15) is 65.7 Å². The van der Waals surface area contributed by atoms with Crippen LogP contribution in [0, 0.1) is 13.8 Å². The van der Waals surface area contributed by atoms with Gasteiger partial charge in [-0.3, -0.25) is 19.6 Å². The molecule has 0 fully saturated rings. The second-order valence-corrected chi connectivity index (χ2v) is 9.66. The first kappa shape index (κ1) is 27.1. The third-order valence-electron chi connectivity index (χ3n) is 5.22. The van der Waals surface area contributed by atoms with Gasteiger partial charge in [-0.15, -0.1) is 0 Å². The number of rotatable bonds is 12. The van der Waals surface area contributed by atoms with Crippen molar-refractivity contribution >= 4 is 33.8 Å². The molecular weight excluding hydrogens is 464 g/mol. The van der Waals surface area contributed by atoms with Crippen LogP contribution in [0.25, 0.3) is 0 Å². The van der Waals surface area contributed by atoms with Crippen LogP contribution in [0.15, 0.2) is 12.4 Å². The number of hydrogen-bond donors (Lipinski definition) is 4. The number of pyridine rings is 2. The average molecular weight is 495 g/mol. The van der Waals surface area contributed by atoms with E-state index in [4.69, 9.17) is 0 Å². The topological polar surface area (TPSA) is 141 Å². The van der Waals surface area contributed by atoms with Gasteiger partial charge in [-0.1, -0.05) is 29.9 Å². The molecule has 33 heavy (non-hydrogen) atoms. The summed E-state index contributed by atoms with van der Waals surface area (Å²) in [7, 11) is 0. The molecule has 180 valence electrons. The van der Waals surface area contributed by atoms with Gasteiger partial charge in [0, 0.05) is 47.9 Å². The number of aliphatic hydroxyl groups is 2. The lowest BCUT2D eigenvalue weighted by atomic mass is 10.1. The molecule has 0 unspecified atom stereocenters. The number of aryl methyl sites for hydroxylation is 2. The molecule has 0 spiro atoms. The molecule has 10 heteroatoms. The highest BCUT2D eigenvalue weighted by Gasteiger charge is 2.14. The van der Waals surface area contributed by atoms with E-state index in [1.165, 1.54) is 0 Å². The van der Waals surface area contributed by atoms with Crippen LogP contribution in [0.3, 0.4) is 0 Å². The van der Waals surface area contributed by atoms with E-state index in [1.54, 1.807) is 26.2 Å². The van der Waals surface area contributed by atoms with Gasteiger partial charge in [0.25, 0.3) is 0 Å². The van der Waals surface area contributed by atoms with Crippen molar-refractivity contribution in [2.45, 2.75) is 70.7 Å². The van der Waals surface area contributed by atoms with Gasteiger partial charge >= 0.3 is 0 Å². The van der Waals surface area contributed by atoms with Crippen molar-refractivity contribution < 1.29 is 30.0 Å². The molecule has 0 saturated carbocycles. The van der Waals surface area contributed by atoms with Crippen molar-refractivity contribution in [1.29, 1.82) is 0 Å². The van der Waals surface area contributed by atoms with Crippen molar-refractivity contribution in [2.75, 3.05) is 0 Å². The lowest BCUT2D eigenvalue weighted by Crippen LogP contribution is -2.00. The fraction of sp³-hybridized carbons (Fsp3) is 0.478. The summed E-state index contributed by atoms with van der Waals surface area (Å²) in [5.41, 5.74) is 2.97. The first-order valence-corrected chi connectivity index (χ1v) is 12.6. The third kappa shape index (κ3) is 7.99. The number of thioether (sulfide) groups is 2. The summed E-state index contributed by atoms with van der Waals surface area (Å²) in [4.78, 5) is 32.4. The maximum Gasteiger partial charge on any atom is 0.189 e. The highest BCUT2D eigenvalue weighted by Crippen LogP contribution is 2.28. The molecule has 0 amide bonds. The highest BCUT2D eigenvalue weighted by atomic mass is 32.2. The Kier molecular flexibility index (Phi) is 11.1. The second kappa shape index (κ2) is 13.5. The van der Waals surface area contributed by atoms with Gasteiger partial charge in [0.15, 0.2) is 10.2 Å². The fourth-order valence-electron chi connectivity index (χ4n) is 3.15. The molecule has 2 heterocycles. The number of carbonyl (C=O) groups is 2. The Morgan fingerprint density at radius 1 is 0.758 bits per heavy atom. The summed E-state index contributed by atoms with van der Waals surface area (Å²) >= 11 is 2.26. The van der Waals surface area contributed by atoms with Crippen LogP contribution in [0.2, 0.25) is 0 Å². The number of aromatic nitrogens is 2. The Hall–Kier alpha value is -2.14. The quantitative estimate of drug-likeness (QED) is 0.323. The summed E-state index contributed by atoms with van der Waals surface area (Å²) < 4.78 is 0. The summed E-state index contributed by atoms with van der Waals surface area (Å²) in [6.07, 6.45) is 6.03. The van der Waals surface area contributed by atoms with Gasteiger partial charge in [-0.05, 0) is 37.8 Å². The van der Waals surface area contributed by atoms with E-state index in [1.807, 2.05) is 0 Å². The SMILES string of the molecule is Cc1ncc(CSC(=O)CCCCCC(=O)SCc2cnc(C)c(O)c2CO)c(CO)c1O. The molecule has 0 radical (unpaired) electrons. The van der Waals surface area contributed by atoms with Gasteiger partial charge in [0.1, 0.15) is 11.5 Å². The van der Waals surface area contributed by atoms with E-state index in [9.17, 15) is 30.0 Å². The molecule has 0 saturated heterocycles. The van der Waals surface area contributed by atoms with E-state index in [2.05, 4.69) is 9.97 Å². The van der Waals surface area contributed by atoms with Crippen LogP contribution in [-0.4, -0.2) is 40.6 Å². The van der Waals surface area contributed by atoms with Crippen molar-refractivity contribution in [2.24, 2.45) is 0 Å². The van der Waals surface area contributed by atoms with Crippen LogP contribution in [-0.2, 0) is 34.3 Å². The number of carbonyl (C=O) groups excluding carboxylic acids is 2. The molecule has 8 nitrogen and oxygen atoms in total. The van der Waals surface area contributed by atoms with Crippen LogP contribution in [0.4, 0.5) is 0 Å².